The number of Topliss-reactive ketones (excluding diaryl/α,β-unsaturated/α-hetero) is 1. The summed E-state index contributed by atoms with van der Waals surface area (Å²) in [4.78, 5) is 11.7. The van der Waals surface area contributed by atoms with Crippen LogP contribution < -0.4 is 0 Å². The Hall–Kier alpha value is -1.12. The van der Waals surface area contributed by atoms with E-state index in [2.05, 4.69) is 0 Å². The summed E-state index contributed by atoms with van der Waals surface area (Å²) in [5, 5.41) is 4.01. The number of hydrogen-bond donors (Lipinski definition) is 0. The zero-order valence-corrected chi connectivity index (χ0v) is 9.68. The van der Waals surface area contributed by atoms with E-state index in [-0.39, 0.29) is 18.2 Å². The molecular weight excluding hydrogens is 228 g/mol. The maximum atomic E-state index is 11.7. The normalized spacial score (nSPS) is 9.33. The molecule has 0 aliphatic carbocycles. The Labute approximate surface area is 99.2 Å². The van der Waals surface area contributed by atoms with E-state index in [9.17, 15) is 4.79 Å². The maximum absolute atomic E-state index is 11.7. The number of benzene rings is 1. The molecule has 1 aromatic heterocycles. The van der Waals surface area contributed by atoms with Gasteiger partial charge in [0.1, 0.15) is 0 Å². The van der Waals surface area contributed by atoms with Crippen LogP contribution in [0.3, 0.4) is 0 Å². The van der Waals surface area contributed by atoms with Crippen LogP contribution in [0.15, 0.2) is 47.2 Å². The fourth-order valence-electron chi connectivity index (χ4n) is 1.30. The van der Waals surface area contributed by atoms with Crippen LogP contribution in [0.4, 0.5) is 0 Å². The van der Waals surface area contributed by atoms with Gasteiger partial charge in [-0.1, -0.05) is 30.3 Å². The standard InChI is InChI=1S/C12H10OS.ClH/c13-12(8-10-6-7-14-9-10)11-4-2-1-3-5-11;/h1-7,9H,8H2;1H. The van der Waals surface area contributed by atoms with E-state index in [4.69, 9.17) is 0 Å². The molecule has 0 saturated carbocycles. The van der Waals surface area contributed by atoms with Gasteiger partial charge in [-0.05, 0) is 22.4 Å². The van der Waals surface area contributed by atoms with E-state index in [1.807, 2.05) is 47.2 Å². The Bertz CT molecular complexity index is 408. The first kappa shape index (κ1) is 12.0. The van der Waals surface area contributed by atoms with E-state index < -0.39 is 0 Å². The molecule has 0 unspecified atom stereocenters. The maximum Gasteiger partial charge on any atom is 0.167 e. The molecule has 0 aliphatic heterocycles. The van der Waals surface area contributed by atoms with E-state index in [0.717, 1.165) is 11.1 Å². The lowest BCUT2D eigenvalue weighted by atomic mass is 10.1. The second-order valence-electron chi connectivity index (χ2n) is 3.10. The van der Waals surface area contributed by atoms with Gasteiger partial charge < -0.3 is 0 Å². The second-order valence-corrected chi connectivity index (χ2v) is 3.88. The molecule has 0 amide bonds. The molecule has 0 N–H and O–H groups in total. The van der Waals surface area contributed by atoms with Crippen molar-refractivity contribution >= 4 is 29.5 Å². The minimum atomic E-state index is 0. The van der Waals surface area contributed by atoms with Gasteiger partial charge in [-0.15, -0.1) is 12.4 Å². The highest BCUT2D eigenvalue weighted by atomic mass is 35.5. The number of carbonyl (C=O) groups excluding carboxylic acids is 1. The van der Waals surface area contributed by atoms with Gasteiger partial charge in [0.25, 0.3) is 0 Å². The summed E-state index contributed by atoms with van der Waals surface area (Å²) < 4.78 is 0. The first-order valence-corrected chi connectivity index (χ1v) is 5.40. The van der Waals surface area contributed by atoms with Gasteiger partial charge in [-0.25, -0.2) is 0 Å². The molecule has 2 aromatic rings. The highest BCUT2D eigenvalue weighted by Gasteiger charge is 2.05. The molecule has 0 spiro atoms. The Balaban J connectivity index is 0.00000112. The SMILES string of the molecule is Cl.O=C(Cc1ccsc1)c1ccccc1. The van der Waals surface area contributed by atoms with Crippen molar-refractivity contribution in [1.82, 2.24) is 0 Å². The van der Waals surface area contributed by atoms with E-state index >= 15 is 0 Å². The summed E-state index contributed by atoms with van der Waals surface area (Å²) >= 11 is 1.62. The van der Waals surface area contributed by atoms with Crippen LogP contribution in [-0.2, 0) is 6.42 Å². The third-order valence-electron chi connectivity index (χ3n) is 2.04. The lowest BCUT2D eigenvalue weighted by Crippen LogP contribution is -2.01. The molecule has 15 heavy (non-hydrogen) atoms. The summed E-state index contributed by atoms with van der Waals surface area (Å²) in [6.45, 7) is 0. The van der Waals surface area contributed by atoms with Gasteiger partial charge in [-0.2, -0.15) is 11.3 Å². The summed E-state index contributed by atoms with van der Waals surface area (Å²) in [6, 6.07) is 11.4. The van der Waals surface area contributed by atoms with Crippen molar-refractivity contribution in [2.75, 3.05) is 0 Å². The fourth-order valence-corrected chi connectivity index (χ4v) is 1.97. The topological polar surface area (TPSA) is 17.1 Å². The lowest BCUT2D eigenvalue weighted by molar-refractivity contribution is 0.0993. The lowest BCUT2D eigenvalue weighted by Gasteiger charge is -1.97. The first-order chi connectivity index (χ1) is 6.86. The van der Waals surface area contributed by atoms with Gasteiger partial charge in [0.05, 0.1) is 0 Å². The van der Waals surface area contributed by atoms with Crippen LogP contribution in [0, 0.1) is 0 Å². The zero-order valence-electron chi connectivity index (χ0n) is 8.05. The number of rotatable bonds is 3. The third-order valence-corrected chi connectivity index (χ3v) is 2.77. The Morgan fingerprint density at radius 1 is 1.13 bits per heavy atom. The largest absolute Gasteiger partial charge is 0.294 e. The number of carbonyl (C=O) groups is 1. The predicted octanol–water partition coefficient (Wildman–Crippen LogP) is 3.60. The van der Waals surface area contributed by atoms with Crippen LogP contribution in [-0.4, -0.2) is 5.78 Å². The van der Waals surface area contributed by atoms with Crippen LogP contribution in [0.25, 0.3) is 0 Å². The minimum absolute atomic E-state index is 0. The molecule has 78 valence electrons. The monoisotopic (exact) mass is 238 g/mol. The predicted molar refractivity (Wildman–Crippen MR) is 66.0 cm³/mol. The summed E-state index contributed by atoms with van der Waals surface area (Å²) in [6.07, 6.45) is 0.507. The third kappa shape index (κ3) is 3.18. The van der Waals surface area contributed by atoms with E-state index in [1.165, 1.54) is 0 Å². The van der Waals surface area contributed by atoms with Crippen LogP contribution in [0.2, 0.25) is 0 Å². The van der Waals surface area contributed by atoms with Crippen molar-refractivity contribution in [3.05, 3.63) is 58.3 Å². The Morgan fingerprint density at radius 3 is 2.47 bits per heavy atom. The van der Waals surface area contributed by atoms with Gasteiger partial charge >= 0.3 is 0 Å². The highest BCUT2D eigenvalue weighted by molar-refractivity contribution is 7.08. The van der Waals surface area contributed by atoms with Crippen molar-refractivity contribution in [3.63, 3.8) is 0 Å². The molecule has 2 rings (SSSR count). The molecule has 0 bridgehead atoms. The van der Waals surface area contributed by atoms with E-state index in [1.54, 1.807) is 11.3 Å². The molecule has 3 heteroatoms. The summed E-state index contributed by atoms with van der Waals surface area (Å²) in [5.74, 6) is 0.184. The summed E-state index contributed by atoms with van der Waals surface area (Å²) in [5.41, 5.74) is 1.89. The van der Waals surface area contributed by atoms with Gasteiger partial charge in [0.15, 0.2) is 5.78 Å². The number of thiophene rings is 1. The molecule has 0 saturated heterocycles. The molecule has 1 aromatic carbocycles. The Morgan fingerprint density at radius 2 is 1.87 bits per heavy atom. The van der Waals surface area contributed by atoms with Crippen molar-refractivity contribution in [1.29, 1.82) is 0 Å². The van der Waals surface area contributed by atoms with Crippen molar-refractivity contribution in [3.8, 4) is 0 Å². The van der Waals surface area contributed by atoms with Crippen molar-refractivity contribution in [2.24, 2.45) is 0 Å². The highest BCUT2D eigenvalue weighted by Crippen LogP contribution is 2.10. The molecule has 0 radical (unpaired) electrons. The quantitative estimate of drug-likeness (QED) is 0.747. The van der Waals surface area contributed by atoms with Crippen LogP contribution >= 0.6 is 23.7 Å². The molecule has 1 nitrogen and oxygen atoms in total. The van der Waals surface area contributed by atoms with Crippen LogP contribution in [0.5, 0.6) is 0 Å². The fraction of sp³-hybridized carbons (Fsp3) is 0.0833. The van der Waals surface area contributed by atoms with Crippen molar-refractivity contribution < 1.29 is 4.79 Å². The smallest absolute Gasteiger partial charge is 0.167 e. The zero-order chi connectivity index (χ0) is 9.80. The van der Waals surface area contributed by atoms with Gasteiger partial charge in [0.2, 0.25) is 0 Å². The molecule has 0 fully saturated rings. The Kier molecular flexibility index (Phi) is 4.53. The van der Waals surface area contributed by atoms with Gasteiger partial charge in [-0.3, -0.25) is 4.79 Å². The average Bonchev–Trinajstić information content (AvgIpc) is 2.72. The second kappa shape index (κ2) is 5.69. The average molecular weight is 239 g/mol. The molecule has 0 atom stereocenters. The number of ketones is 1. The van der Waals surface area contributed by atoms with Crippen LogP contribution in [0.1, 0.15) is 15.9 Å². The summed E-state index contributed by atoms with van der Waals surface area (Å²) in [7, 11) is 0. The molecule has 1 heterocycles. The number of halogens is 1. The van der Waals surface area contributed by atoms with Crippen molar-refractivity contribution in [2.45, 2.75) is 6.42 Å². The molecule has 0 aliphatic rings. The van der Waals surface area contributed by atoms with E-state index in [0.29, 0.717) is 6.42 Å². The number of hydrogen-bond acceptors (Lipinski definition) is 2. The van der Waals surface area contributed by atoms with Gasteiger partial charge in [0, 0.05) is 12.0 Å². The minimum Gasteiger partial charge on any atom is -0.294 e. The first-order valence-electron chi connectivity index (χ1n) is 4.45. The molecular formula is C12H11ClOS.